The van der Waals surface area contributed by atoms with E-state index < -0.39 is 0 Å². The molecule has 2 aliphatic heterocycles. The summed E-state index contributed by atoms with van der Waals surface area (Å²) < 4.78 is 0. The summed E-state index contributed by atoms with van der Waals surface area (Å²) in [4.78, 5) is 33.2. The predicted octanol–water partition coefficient (Wildman–Crippen LogP) is 4.30. The summed E-state index contributed by atoms with van der Waals surface area (Å²) in [6, 6.07) is 8.15. The molecule has 1 aromatic carbocycles. The number of imide groups is 1. The van der Waals surface area contributed by atoms with Crippen LogP contribution >= 0.6 is 11.6 Å². The van der Waals surface area contributed by atoms with Crippen LogP contribution in [0, 0.1) is 35.5 Å². The average molecular weight is 470 g/mol. The summed E-state index contributed by atoms with van der Waals surface area (Å²) in [5.41, 5.74) is 1.21. The third kappa shape index (κ3) is 3.99. The molecule has 6 heteroatoms. The van der Waals surface area contributed by atoms with Gasteiger partial charge in [-0.25, -0.2) is 0 Å². The van der Waals surface area contributed by atoms with Gasteiger partial charge in [-0.05, 0) is 74.0 Å². The van der Waals surface area contributed by atoms with Crippen LogP contribution in [-0.4, -0.2) is 60.9 Å². The zero-order valence-electron chi connectivity index (χ0n) is 19.5. The molecule has 3 aliphatic carbocycles. The molecule has 2 saturated heterocycles. The minimum Gasteiger partial charge on any atom is -0.369 e. The van der Waals surface area contributed by atoms with Gasteiger partial charge < -0.3 is 4.90 Å². The number of anilines is 1. The Morgan fingerprint density at radius 2 is 1.45 bits per heavy atom. The number of rotatable bonds is 5. The molecule has 0 N–H and O–H groups in total. The van der Waals surface area contributed by atoms with E-state index in [1.807, 2.05) is 12.1 Å². The van der Waals surface area contributed by atoms with Crippen molar-refractivity contribution >= 4 is 29.1 Å². The lowest BCUT2D eigenvalue weighted by Crippen LogP contribution is -2.49. The van der Waals surface area contributed by atoms with Crippen molar-refractivity contribution in [3.63, 3.8) is 0 Å². The molecule has 5 nitrogen and oxygen atoms in total. The van der Waals surface area contributed by atoms with Gasteiger partial charge in [-0.3, -0.25) is 19.4 Å². The molecule has 1 aromatic rings. The highest BCUT2D eigenvalue weighted by Crippen LogP contribution is 2.56. The molecular weight excluding hydrogens is 434 g/mol. The normalized spacial score (nSPS) is 36.6. The summed E-state index contributed by atoms with van der Waals surface area (Å²) in [5, 5.41) is 0.795. The molecule has 2 heterocycles. The van der Waals surface area contributed by atoms with Crippen molar-refractivity contribution in [2.75, 3.05) is 44.2 Å². The van der Waals surface area contributed by atoms with Crippen molar-refractivity contribution in [3.8, 4) is 0 Å². The minimum absolute atomic E-state index is 0.0258. The zero-order valence-corrected chi connectivity index (χ0v) is 20.3. The first-order chi connectivity index (χ1) is 16.1. The Balaban J connectivity index is 1.07. The first kappa shape index (κ1) is 21.9. The monoisotopic (exact) mass is 469 g/mol. The Morgan fingerprint density at radius 1 is 0.818 bits per heavy atom. The molecule has 2 bridgehead atoms. The second-order valence-corrected chi connectivity index (χ2v) is 11.7. The number of carbonyl (C=O) groups is 2. The van der Waals surface area contributed by atoms with E-state index in [-0.39, 0.29) is 23.7 Å². The summed E-state index contributed by atoms with van der Waals surface area (Å²) >= 11 is 6.19. The van der Waals surface area contributed by atoms with Gasteiger partial charge in [0.15, 0.2) is 0 Å². The van der Waals surface area contributed by atoms with Crippen LogP contribution in [0.1, 0.15) is 44.9 Å². The number of nitrogens with zero attached hydrogens (tertiary/aromatic N) is 3. The number of hydrogen-bond acceptors (Lipinski definition) is 4. The maximum Gasteiger partial charge on any atom is 0.233 e. The summed E-state index contributed by atoms with van der Waals surface area (Å²) in [6.45, 7) is 5.94. The van der Waals surface area contributed by atoms with Crippen LogP contribution in [0.5, 0.6) is 0 Å². The first-order valence-corrected chi connectivity index (χ1v) is 13.5. The molecular formula is C27H36ClN3O2. The third-order valence-corrected chi connectivity index (χ3v) is 9.78. The number of carbonyl (C=O) groups excluding carboxylic acids is 2. The minimum atomic E-state index is 0.0258. The Kier molecular flexibility index (Phi) is 5.90. The summed E-state index contributed by atoms with van der Waals surface area (Å²) in [7, 11) is 0. The number of likely N-dealkylation sites (tertiary alicyclic amines) is 1. The Labute approximate surface area is 202 Å². The molecule has 0 radical (unpaired) electrons. The van der Waals surface area contributed by atoms with E-state index >= 15 is 0 Å². The standard InChI is InChI=1S/C27H36ClN3O2/c28-22-6-3-7-23(15-22)30-12-10-29(11-13-30)16-20-4-1-2-5-21(20)17-31-26(32)24-18-8-9-19(14-18)25(24)27(31)33/h3,6-7,15,18-21,24-25H,1-2,4-5,8-14,16-17H2. The van der Waals surface area contributed by atoms with Crippen LogP contribution in [0.15, 0.2) is 24.3 Å². The fourth-order valence-electron chi connectivity index (χ4n) is 7.84. The smallest absolute Gasteiger partial charge is 0.233 e. The number of benzene rings is 1. The maximum absolute atomic E-state index is 13.2. The molecule has 5 fully saturated rings. The van der Waals surface area contributed by atoms with Gasteiger partial charge in [0.25, 0.3) is 0 Å². The number of amides is 2. The van der Waals surface area contributed by atoms with Crippen LogP contribution in [0.25, 0.3) is 0 Å². The Morgan fingerprint density at radius 3 is 2.09 bits per heavy atom. The number of fused-ring (bicyclic) bond motifs is 5. The van der Waals surface area contributed by atoms with Crippen LogP contribution < -0.4 is 4.90 Å². The molecule has 5 aliphatic rings. The Bertz CT molecular complexity index is 886. The third-order valence-electron chi connectivity index (χ3n) is 9.54. The fourth-order valence-corrected chi connectivity index (χ4v) is 8.03. The van der Waals surface area contributed by atoms with Gasteiger partial charge in [-0.2, -0.15) is 0 Å². The van der Waals surface area contributed by atoms with E-state index in [2.05, 4.69) is 21.9 Å². The highest BCUT2D eigenvalue weighted by Gasteiger charge is 2.61. The average Bonchev–Trinajstić information content (AvgIpc) is 3.51. The molecule has 6 atom stereocenters. The van der Waals surface area contributed by atoms with E-state index in [9.17, 15) is 9.59 Å². The van der Waals surface area contributed by atoms with Gasteiger partial charge >= 0.3 is 0 Å². The van der Waals surface area contributed by atoms with Gasteiger partial charge in [0.1, 0.15) is 0 Å². The maximum atomic E-state index is 13.2. The van der Waals surface area contributed by atoms with Gasteiger partial charge in [-0.1, -0.05) is 30.5 Å². The van der Waals surface area contributed by atoms with Crippen LogP contribution in [0.4, 0.5) is 5.69 Å². The predicted molar refractivity (Wildman–Crippen MR) is 130 cm³/mol. The van der Waals surface area contributed by atoms with Crippen LogP contribution in [0.2, 0.25) is 5.02 Å². The zero-order chi connectivity index (χ0) is 22.5. The van der Waals surface area contributed by atoms with Crippen molar-refractivity contribution in [2.24, 2.45) is 35.5 Å². The lowest BCUT2D eigenvalue weighted by atomic mass is 9.78. The lowest BCUT2D eigenvalue weighted by Gasteiger charge is -2.41. The summed E-state index contributed by atoms with van der Waals surface area (Å²) in [6.07, 6.45) is 8.34. The SMILES string of the molecule is O=C1C2C3CCC(C3)C2C(=O)N1CC1CCCCC1CN1CCN(c2cccc(Cl)c2)CC1. The van der Waals surface area contributed by atoms with Crippen molar-refractivity contribution < 1.29 is 9.59 Å². The molecule has 33 heavy (non-hydrogen) atoms. The van der Waals surface area contributed by atoms with Crippen LogP contribution in [0.3, 0.4) is 0 Å². The second kappa shape index (κ2) is 8.88. The second-order valence-electron chi connectivity index (χ2n) is 11.2. The number of hydrogen-bond donors (Lipinski definition) is 0. The molecule has 6 rings (SSSR count). The van der Waals surface area contributed by atoms with E-state index in [0.29, 0.717) is 30.2 Å². The molecule has 2 amide bonds. The number of piperazine rings is 1. The van der Waals surface area contributed by atoms with E-state index in [1.165, 1.54) is 24.9 Å². The summed E-state index contributed by atoms with van der Waals surface area (Å²) in [5.74, 6) is 2.44. The molecule has 6 unspecified atom stereocenters. The number of halogens is 1. The van der Waals surface area contributed by atoms with Crippen molar-refractivity contribution in [2.45, 2.75) is 44.9 Å². The Hall–Kier alpha value is -1.59. The highest BCUT2D eigenvalue weighted by molar-refractivity contribution is 6.30. The van der Waals surface area contributed by atoms with Crippen LogP contribution in [-0.2, 0) is 9.59 Å². The molecule has 0 spiro atoms. The highest BCUT2D eigenvalue weighted by atomic mass is 35.5. The quantitative estimate of drug-likeness (QED) is 0.603. The first-order valence-electron chi connectivity index (χ1n) is 13.2. The van der Waals surface area contributed by atoms with E-state index in [4.69, 9.17) is 11.6 Å². The molecule has 0 aromatic heterocycles. The molecule has 3 saturated carbocycles. The fraction of sp³-hybridized carbons (Fsp3) is 0.704. The van der Waals surface area contributed by atoms with Gasteiger partial charge in [-0.15, -0.1) is 0 Å². The largest absolute Gasteiger partial charge is 0.369 e. The van der Waals surface area contributed by atoms with E-state index in [1.54, 1.807) is 4.90 Å². The molecule has 178 valence electrons. The van der Waals surface area contributed by atoms with E-state index in [0.717, 1.165) is 63.4 Å². The van der Waals surface area contributed by atoms with Gasteiger partial charge in [0, 0.05) is 50.0 Å². The van der Waals surface area contributed by atoms with Crippen molar-refractivity contribution in [1.29, 1.82) is 0 Å². The van der Waals surface area contributed by atoms with Crippen molar-refractivity contribution in [1.82, 2.24) is 9.80 Å². The van der Waals surface area contributed by atoms with Crippen molar-refractivity contribution in [3.05, 3.63) is 29.3 Å². The van der Waals surface area contributed by atoms with Gasteiger partial charge in [0.05, 0.1) is 11.8 Å². The topological polar surface area (TPSA) is 43.9 Å². The lowest BCUT2D eigenvalue weighted by molar-refractivity contribution is -0.142. The van der Waals surface area contributed by atoms with Gasteiger partial charge in [0.2, 0.25) is 11.8 Å².